The first kappa shape index (κ1) is 40.6. The van der Waals surface area contributed by atoms with E-state index >= 15 is 0 Å². The van der Waals surface area contributed by atoms with Crippen LogP contribution in [0.15, 0.2) is 72.8 Å². The van der Waals surface area contributed by atoms with Crippen molar-refractivity contribution in [3.8, 4) is 11.1 Å². The van der Waals surface area contributed by atoms with Crippen LogP contribution in [-0.2, 0) is 35.2 Å². The van der Waals surface area contributed by atoms with Crippen LogP contribution >= 0.6 is 0 Å². The largest absolute Gasteiger partial charge is 0.462 e. The van der Waals surface area contributed by atoms with Crippen molar-refractivity contribution < 1.29 is 43.0 Å². The zero-order chi connectivity index (χ0) is 39.2. The number of benzene rings is 3. The summed E-state index contributed by atoms with van der Waals surface area (Å²) < 4.78 is 15.7. The number of carbonyl (C=O) groups excluding carboxylic acids is 6. The van der Waals surface area contributed by atoms with Gasteiger partial charge in [0.1, 0.15) is 31.8 Å². The summed E-state index contributed by atoms with van der Waals surface area (Å²) in [5, 5.41) is 13.0. The van der Waals surface area contributed by atoms with Gasteiger partial charge < -0.3 is 46.5 Å². The smallest absolute Gasteiger partial charge is 0.407 e. The molecule has 3 aromatic rings. The van der Waals surface area contributed by atoms with E-state index in [1.54, 1.807) is 52.0 Å². The Morgan fingerprint density at radius 3 is 1.96 bits per heavy atom. The molecule has 0 saturated heterocycles. The number of nitrogens with two attached hydrogens (primary N) is 1. The van der Waals surface area contributed by atoms with Gasteiger partial charge in [0.25, 0.3) is 0 Å². The van der Waals surface area contributed by atoms with Crippen molar-refractivity contribution in [3.63, 3.8) is 0 Å². The summed E-state index contributed by atoms with van der Waals surface area (Å²) in [7, 11) is 0. The highest BCUT2D eigenvalue weighted by molar-refractivity contribution is 5.98. The van der Waals surface area contributed by atoms with E-state index in [4.69, 9.17) is 19.9 Å². The molecule has 4 rings (SSSR count). The average Bonchev–Trinajstić information content (AvgIpc) is 3.45. The molecular formula is C39H48N6O9. The summed E-state index contributed by atoms with van der Waals surface area (Å²) in [4.78, 5) is 74.9. The fraction of sp³-hybridized carbons (Fsp3) is 0.385. The Morgan fingerprint density at radius 2 is 1.37 bits per heavy atom. The molecule has 54 heavy (non-hydrogen) atoms. The van der Waals surface area contributed by atoms with E-state index in [0.29, 0.717) is 17.7 Å². The van der Waals surface area contributed by atoms with E-state index in [0.717, 1.165) is 22.3 Å². The molecule has 0 radical (unpaired) electrons. The van der Waals surface area contributed by atoms with E-state index in [-0.39, 0.29) is 50.7 Å². The Balaban J connectivity index is 1.33. The van der Waals surface area contributed by atoms with Crippen LogP contribution in [-0.4, -0.2) is 73.9 Å². The topological polar surface area (TPSA) is 216 Å². The lowest BCUT2D eigenvalue weighted by Crippen LogP contribution is -2.54. The number of ether oxygens (including phenoxy) is 3. The van der Waals surface area contributed by atoms with Crippen LogP contribution in [0.25, 0.3) is 11.1 Å². The second kappa shape index (κ2) is 19.6. The molecule has 7 N–H and O–H groups in total. The first-order valence-corrected chi connectivity index (χ1v) is 17.8. The number of fused-ring (bicyclic) bond motifs is 3. The second-order valence-corrected chi connectivity index (χ2v) is 13.3. The van der Waals surface area contributed by atoms with E-state index in [1.165, 1.54) is 0 Å². The minimum Gasteiger partial charge on any atom is -0.462 e. The molecule has 15 heteroatoms. The minimum atomic E-state index is -1.05. The number of urea groups is 1. The van der Waals surface area contributed by atoms with Crippen molar-refractivity contribution in [2.24, 2.45) is 11.7 Å². The van der Waals surface area contributed by atoms with Crippen LogP contribution in [0.5, 0.6) is 0 Å². The van der Waals surface area contributed by atoms with Crippen molar-refractivity contribution in [1.29, 1.82) is 0 Å². The van der Waals surface area contributed by atoms with Gasteiger partial charge in [-0.15, -0.1) is 0 Å². The van der Waals surface area contributed by atoms with Gasteiger partial charge in [0.2, 0.25) is 11.8 Å². The van der Waals surface area contributed by atoms with Gasteiger partial charge in [0.15, 0.2) is 0 Å². The Hall–Kier alpha value is -6.12. The van der Waals surface area contributed by atoms with Gasteiger partial charge in [-0.2, -0.15) is 0 Å². The Bertz CT molecular complexity index is 1750. The van der Waals surface area contributed by atoms with Crippen LogP contribution in [0.1, 0.15) is 63.1 Å². The third-order valence-electron chi connectivity index (χ3n) is 8.50. The third-order valence-corrected chi connectivity index (χ3v) is 8.50. The number of esters is 1. The standard InChI is InChI=1S/C39H48N6O9/c1-23(2)34(45-39(51)53-22-31-29-12-7-5-10-27(29)28-11-6-8-13-30(28)31)36(48)44-32(14-9-19-41-37(40)49)35(47)43-26-17-15-25(16-18-26)21-52-38(50)42-20-33(46)54-24(3)4/h5-8,10-13,15-18,23-24,31-32,34H,9,14,19-22H2,1-4H3,(H,42,50)(H,43,47)(H,44,48)(H,45,51)(H3,40,41,49). The maximum atomic E-state index is 13.6. The third kappa shape index (κ3) is 12.0. The molecule has 0 aromatic heterocycles. The fourth-order valence-electron chi connectivity index (χ4n) is 5.91. The first-order chi connectivity index (χ1) is 25.8. The fourth-order valence-corrected chi connectivity index (χ4v) is 5.91. The lowest BCUT2D eigenvalue weighted by molar-refractivity contribution is -0.146. The minimum absolute atomic E-state index is 0.0666. The zero-order valence-electron chi connectivity index (χ0n) is 30.8. The zero-order valence-corrected chi connectivity index (χ0v) is 30.8. The lowest BCUT2D eigenvalue weighted by atomic mass is 9.98. The molecule has 15 nitrogen and oxygen atoms in total. The highest BCUT2D eigenvalue weighted by Crippen LogP contribution is 2.44. The number of hydrogen-bond acceptors (Lipinski definition) is 9. The highest BCUT2D eigenvalue weighted by Gasteiger charge is 2.32. The molecule has 6 amide bonds. The lowest BCUT2D eigenvalue weighted by Gasteiger charge is -2.25. The number of carbonyl (C=O) groups is 6. The summed E-state index contributed by atoms with van der Waals surface area (Å²) in [6.45, 7) is 6.71. The molecule has 0 saturated carbocycles. The molecule has 2 unspecified atom stereocenters. The predicted molar refractivity (Wildman–Crippen MR) is 200 cm³/mol. The van der Waals surface area contributed by atoms with Crippen molar-refractivity contribution >= 4 is 41.7 Å². The monoisotopic (exact) mass is 744 g/mol. The molecule has 0 fully saturated rings. The number of alkyl carbamates (subject to hydrolysis) is 2. The number of primary amides is 1. The molecular weight excluding hydrogens is 696 g/mol. The summed E-state index contributed by atoms with van der Waals surface area (Å²) in [5.41, 5.74) is 10.5. The number of anilines is 1. The van der Waals surface area contributed by atoms with Crippen LogP contribution in [0.4, 0.5) is 20.1 Å². The summed E-state index contributed by atoms with van der Waals surface area (Å²) in [6, 6.07) is 19.6. The Kier molecular flexibility index (Phi) is 14.8. The van der Waals surface area contributed by atoms with Crippen molar-refractivity contribution in [1.82, 2.24) is 21.3 Å². The van der Waals surface area contributed by atoms with Gasteiger partial charge in [-0.1, -0.05) is 74.5 Å². The number of hydrogen-bond donors (Lipinski definition) is 6. The molecule has 288 valence electrons. The number of nitrogens with one attached hydrogen (secondary N) is 5. The van der Waals surface area contributed by atoms with Crippen LogP contribution in [0, 0.1) is 5.92 Å². The summed E-state index contributed by atoms with van der Waals surface area (Å²) in [5.74, 6) is -2.25. The Morgan fingerprint density at radius 1 is 0.741 bits per heavy atom. The summed E-state index contributed by atoms with van der Waals surface area (Å²) in [6.07, 6.45) is -1.44. The molecule has 0 spiro atoms. The molecule has 0 aliphatic heterocycles. The molecule has 2 atom stereocenters. The van der Waals surface area contributed by atoms with Gasteiger partial charge in [0, 0.05) is 18.2 Å². The van der Waals surface area contributed by atoms with Crippen molar-refractivity contribution in [2.45, 2.75) is 71.2 Å². The molecule has 1 aliphatic carbocycles. The quantitative estimate of drug-likeness (QED) is 0.0659. The van der Waals surface area contributed by atoms with Crippen LogP contribution < -0.4 is 32.3 Å². The molecule has 1 aliphatic rings. The van der Waals surface area contributed by atoms with E-state index in [1.807, 2.05) is 48.5 Å². The van der Waals surface area contributed by atoms with Gasteiger partial charge in [-0.05, 0) is 72.6 Å². The Labute approximate surface area is 314 Å². The van der Waals surface area contributed by atoms with Gasteiger partial charge in [-0.3, -0.25) is 14.4 Å². The normalized spacial score (nSPS) is 12.8. The van der Waals surface area contributed by atoms with Gasteiger partial charge in [0.05, 0.1) is 6.10 Å². The highest BCUT2D eigenvalue weighted by atomic mass is 16.6. The predicted octanol–water partition coefficient (Wildman–Crippen LogP) is 4.30. The van der Waals surface area contributed by atoms with Gasteiger partial charge >= 0.3 is 24.2 Å². The van der Waals surface area contributed by atoms with E-state index in [2.05, 4.69) is 26.6 Å². The van der Waals surface area contributed by atoms with E-state index < -0.39 is 48.1 Å². The van der Waals surface area contributed by atoms with Crippen LogP contribution in [0.2, 0.25) is 0 Å². The molecule has 3 aromatic carbocycles. The molecule has 0 heterocycles. The van der Waals surface area contributed by atoms with Crippen LogP contribution in [0.3, 0.4) is 0 Å². The maximum Gasteiger partial charge on any atom is 0.407 e. The summed E-state index contributed by atoms with van der Waals surface area (Å²) >= 11 is 0. The molecule has 0 bridgehead atoms. The first-order valence-electron chi connectivity index (χ1n) is 17.8. The maximum absolute atomic E-state index is 13.6. The SMILES string of the molecule is CC(C)OC(=O)CNC(=O)OCc1ccc(NC(=O)C(CCCNC(N)=O)NC(=O)C(NC(=O)OCC2c3ccccc3-c3ccccc32)C(C)C)cc1. The van der Waals surface area contributed by atoms with Gasteiger partial charge in [-0.25, -0.2) is 14.4 Å². The number of rotatable bonds is 17. The van der Waals surface area contributed by atoms with Crippen molar-refractivity contribution in [3.05, 3.63) is 89.5 Å². The second-order valence-electron chi connectivity index (χ2n) is 13.3. The average molecular weight is 745 g/mol. The van der Waals surface area contributed by atoms with Crippen molar-refractivity contribution in [2.75, 3.05) is 25.0 Å². The number of amides is 6. The van der Waals surface area contributed by atoms with E-state index in [9.17, 15) is 28.8 Å².